The molecule has 2 rings (SSSR count). The first-order valence-corrected chi connectivity index (χ1v) is 7.00. The number of hydrogen-bond acceptors (Lipinski definition) is 1. The minimum Gasteiger partial charge on any atom is -0.342 e. The maximum atomic E-state index is 13.4. The van der Waals surface area contributed by atoms with E-state index in [-0.39, 0.29) is 5.91 Å². The van der Waals surface area contributed by atoms with E-state index in [4.69, 9.17) is 0 Å². The third-order valence-corrected chi connectivity index (χ3v) is 4.09. The van der Waals surface area contributed by atoms with Gasteiger partial charge in [0, 0.05) is 30.9 Å². The number of alkyl halides is 1. The quantitative estimate of drug-likeness (QED) is 0.782. The van der Waals surface area contributed by atoms with Crippen LogP contribution in [0.1, 0.15) is 12.0 Å². The fraction of sp³-hybridized carbons (Fsp3) is 0.462. The zero-order valence-corrected chi connectivity index (χ0v) is 11.4. The molecule has 98 valence electrons. The third-order valence-electron chi connectivity index (χ3n) is 3.18. The maximum absolute atomic E-state index is 13.4. The lowest BCUT2D eigenvalue weighted by molar-refractivity contribution is -0.127. The van der Waals surface area contributed by atoms with Gasteiger partial charge in [0.15, 0.2) is 0 Å². The van der Waals surface area contributed by atoms with Crippen molar-refractivity contribution in [1.29, 1.82) is 0 Å². The highest BCUT2D eigenvalue weighted by atomic mass is 79.9. The van der Waals surface area contributed by atoms with E-state index in [0.29, 0.717) is 37.4 Å². The molecular formula is C13H14BrF2NO. The Hall–Kier alpha value is -0.970. The molecule has 0 N–H and O–H groups in total. The van der Waals surface area contributed by atoms with Crippen LogP contribution in [0.15, 0.2) is 18.2 Å². The molecule has 0 aliphatic carbocycles. The van der Waals surface area contributed by atoms with Crippen molar-refractivity contribution in [1.82, 2.24) is 4.90 Å². The average molecular weight is 318 g/mol. The smallest absolute Gasteiger partial charge is 0.222 e. The number of rotatable bonds is 4. The van der Waals surface area contributed by atoms with Gasteiger partial charge in [0.1, 0.15) is 11.6 Å². The predicted octanol–water partition coefficient (Wildman–Crippen LogP) is 2.75. The van der Waals surface area contributed by atoms with Gasteiger partial charge in [-0.25, -0.2) is 8.78 Å². The van der Waals surface area contributed by atoms with Crippen LogP contribution in [0.25, 0.3) is 0 Å². The van der Waals surface area contributed by atoms with Gasteiger partial charge in [-0.3, -0.25) is 4.79 Å². The topological polar surface area (TPSA) is 20.3 Å². The highest BCUT2D eigenvalue weighted by molar-refractivity contribution is 9.09. The van der Waals surface area contributed by atoms with Crippen molar-refractivity contribution < 1.29 is 13.6 Å². The van der Waals surface area contributed by atoms with E-state index in [1.807, 2.05) is 0 Å². The van der Waals surface area contributed by atoms with E-state index in [2.05, 4.69) is 15.9 Å². The summed E-state index contributed by atoms with van der Waals surface area (Å²) in [6.45, 7) is 1.21. The summed E-state index contributed by atoms with van der Waals surface area (Å²) in [7, 11) is 0. The minimum absolute atomic E-state index is 0.113. The van der Waals surface area contributed by atoms with Gasteiger partial charge in [-0.05, 0) is 24.0 Å². The van der Waals surface area contributed by atoms with E-state index >= 15 is 0 Å². The Labute approximate surface area is 113 Å². The van der Waals surface area contributed by atoms with Crippen LogP contribution in [0.5, 0.6) is 0 Å². The van der Waals surface area contributed by atoms with Gasteiger partial charge >= 0.3 is 0 Å². The van der Waals surface area contributed by atoms with Crippen molar-refractivity contribution in [3.05, 3.63) is 35.4 Å². The second-order valence-corrected chi connectivity index (χ2v) is 5.20. The molecule has 0 bridgehead atoms. The molecule has 2 nitrogen and oxygen atoms in total. The number of carbonyl (C=O) groups is 1. The summed E-state index contributed by atoms with van der Waals surface area (Å²) in [4.78, 5) is 13.4. The molecule has 1 aromatic carbocycles. The van der Waals surface area contributed by atoms with Crippen LogP contribution >= 0.6 is 15.9 Å². The zero-order valence-electron chi connectivity index (χ0n) is 9.83. The van der Waals surface area contributed by atoms with Crippen molar-refractivity contribution in [3.63, 3.8) is 0 Å². The first kappa shape index (κ1) is 13.5. The molecule has 1 fully saturated rings. The molecule has 1 aliphatic rings. The van der Waals surface area contributed by atoms with Crippen molar-refractivity contribution in [2.24, 2.45) is 5.92 Å². The third kappa shape index (κ3) is 3.07. The summed E-state index contributed by atoms with van der Waals surface area (Å²) < 4.78 is 26.2. The molecule has 0 saturated carbocycles. The first-order chi connectivity index (χ1) is 8.60. The van der Waals surface area contributed by atoms with E-state index < -0.39 is 11.6 Å². The SMILES string of the molecule is O=C1CC(CBr)CN1CCc1ccc(F)cc1F. The van der Waals surface area contributed by atoms with E-state index in [1.54, 1.807) is 4.90 Å². The number of amides is 1. The lowest BCUT2D eigenvalue weighted by Gasteiger charge is -2.16. The Morgan fingerprint density at radius 3 is 2.78 bits per heavy atom. The second kappa shape index (κ2) is 5.78. The summed E-state index contributed by atoms with van der Waals surface area (Å²) >= 11 is 3.37. The van der Waals surface area contributed by atoms with Crippen molar-refractivity contribution >= 4 is 21.8 Å². The molecule has 5 heteroatoms. The molecule has 0 spiro atoms. The van der Waals surface area contributed by atoms with Gasteiger partial charge in [0.2, 0.25) is 5.91 Å². The second-order valence-electron chi connectivity index (χ2n) is 4.55. The van der Waals surface area contributed by atoms with Crippen LogP contribution in [0.2, 0.25) is 0 Å². The largest absolute Gasteiger partial charge is 0.342 e. The molecule has 1 amide bonds. The molecule has 1 unspecified atom stereocenters. The maximum Gasteiger partial charge on any atom is 0.222 e. The van der Waals surface area contributed by atoms with Gasteiger partial charge < -0.3 is 4.90 Å². The van der Waals surface area contributed by atoms with Crippen molar-refractivity contribution in [2.75, 3.05) is 18.4 Å². The number of hydrogen-bond donors (Lipinski definition) is 0. The highest BCUT2D eigenvalue weighted by Gasteiger charge is 2.28. The van der Waals surface area contributed by atoms with Crippen LogP contribution in [0.4, 0.5) is 8.78 Å². The summed E-state index contributed by atoms with van der Waals surface area (Å²) in [6, 6.07) is 3.56. The summed E-state index contributed by atoms with van der Waals surface area (Å²) in [6.07, 6.45) is 0.976. The number of nitrogens with zero attached hydrogens (tertiary/aromatic N) is 1. The number of benzene rings is 1. The average Bonchev–Trinajstić information content (AvgIpc) is 2.69. The summed E-state index contributed by atoms with van der Waals surface area (Å²) in [5, 5.41) is 0.806. The zero-order chi connectivity index (χ0) is 13.1. The van der Waals surface area contributed by atoms with E-state index in [0.717, 1.165) is 11.4 Å². The normalized spacial score (nSPS) is 19.6. The molecule has 1 aromatic rings. The van der Waals surface area contributed by atoms with Crippen LogP contribution < -0.4 is 0 Å². The van der Waals surface area contributed by atoms with Crippen LogP contribution in [0.3, 0.4) is 0 Å². The van der Waals surface area contributed by atoms with E-state index in [9.17, 15) is 13.6 Å². The van der Waals surface area contributed by atoms with Crippen LogP contribution in [-0.2, 0) is 11.2 Å². The summed E-state index contributed by atoms with van der Waals surface area (Å²) in [5.41, 5.74) is 0.450. The summed E-state index contributed by atoms with van der Waals surface area (Å²) in [5.74, 6) is -0.663. The molecule has 18 heavy (non-hydrogen) atoms. The highest BCUT2D eigenvalue weighted by Crippen LogP contribution is 2.20. The molecule has 1 heterocycles. The lowest BCUT2D eigenvalue weighted by atomic mass is 10.1. The molecule has 0 aromatic heterocycles. The Bertz CT molecular complexity index is 453. The number of likely N-dealkylation sites (tertiary alicyclic amines) is 1. The Kier molecular flexibility index (Phi) is 4.32. The first-order valence-electron chi connectivity index (χ1n) is 5.88. The Balaban J connectivity index is 1.94. The van der Waals surface area contributed by atoms with Gasteiger partial charge in [0.25, 0.3) is 0 Å². The van der Waals surface area contributed by atoms with Gasteiger partial charge in [-0.1, -0.05) is 22.0 Å². The monoisotopic (exact) mass is 317 g/mol. The molecule has 1 aliphatic heterocycles. The fourth-order valence-electron chi connectivity index (χ4n) is 2.15. The number of carbonyl (C=O) groups excluding carboxylic acids is 1. The minimum atomic E-state index is -0.576. The van der Waals surface area contributed by atoms with E-state index in [1.165, 1.54) is 12.1 Å². The predicted molar refractivity (Wildman–Crippen MR) is 68.5 cm³/mol. The standard InChI is InChI=1S/C13H14BrF2NO/c14-7-9-5-13(18)17(8-9)4-3-10-1-2-11(15)6-12(10)16/h1-2,6,9H,3-5,7-8H2. The Morgan fingerprint density at radius 1 is 1.39 bits per heavy atom. The van der Waals surface area contributed by atoms with Gasteiger partial charge in [-0.2, -0.15) is 0 Å². The fourth-order valence-corrected chi connectivity index (χ4v) is 2.59. The molecule has 0 radical (unpaired) electrons. The Morgan fingerprint density at radius 2 is 2.17 bits per heavy atom. The van der Waals surface area contributed by atoms with Crippen molar-refractivity contribution in [2.45, 2.75) is 12.8 Å². The lowest BCUT2D eigenvalue weighted by Crippen LogP contribution is -2.27. The van der Waals surface area contributed by atoms with Crippen LogP contribution in [-0.4, -0.2) is 29.2 Å². The van der Waals surface area contributed by atoms with Gasteiger partial charge in [-0.15, -0.1) is 0 Å². The van der Waals surface area contributed by atoms with Crippen molar-refractivity contribution in [3.8, 4) is 0 Å². The molecule has 1 atom stereocenters. The van der Waals surface area contributed by atoms with Crippen LogP contribution in [0, 0.1) is 17.6 Å². The molecule has 1 saturated heterocycles. The molecular weight excluding hydrogens is 304 g/mol. The van der Waals surface area contributed by atoms with Gasteiger partial charge in [0.05, 0.1) is 0 Å². The number of halogens is 3.